The molecule has 0 unspecified atom stereocenters. The summed E-state index contributed by atoms with van der Waals surface area (Å²) < 4.78 is 1.73. The standard InChI is InChI=1S/C12H15N5O/c1-9(18)11-8-10(2-3-12(11)13)14-4-6-17-7-5-15-16-17/h2-3,5,7-8,14H,4,6,13H2,1H3. The Balaban J connectivity index is 1.97. The van der Waals surface area contributed by atoms with Crippen molar-refractivity contribution in [2.45, 2.75) is 13.5 Å². The van der Waals surface area contributed by atoms with Crippen LogP contribution in [0.1, 0.15) is 17.3 Å². The maximum atomic E-state index is 11.3. The van der Waals surface area contributed by atoms with Crippen LogP contribution in [0.25, 0.3) is 0 Å². The third-order valence-electron chi connectivity index (χ3n) is 2.57. The molecule has 0 amide bonds. The van der Waals surface area contributed by atoms with Crippen LogP contribution in [0.3, 0.4) is 0 Å². The van der Waals surface area contributed by atoms with Gasteiger partial charge in [-0.3, -0.25) is 9.48 Å². The molecule has 0 saturated carbocycles. The molecule has 2 rings (SSSR count). The molecule has 94 valence electrons. The quantitative estimate of drug-likeness (QED) is 0.610. The van der Waals surface area contributed by atoms with Crippen molar-refractivity contribution in [2.75, 3.05) is 17.6 Å². The molecule has 0 spiro atoms. The van der Waals surface area contributed by atoms with E-state index in [1.54, 1.807) is 29.2 Å². The highest BCUT2D eigenvalue weighted by Gasteiger charge is 2.05. The van der Waals surface area contributed by atoms with E-state index >= 15 is 0 Å². The molecule has 18 heavy (non-hydrogen) atoms. The number of ketones is 1. The molecule has 0 fully saturated rings. The highest BCUT2D eigenvalue weighted by atomic mass is 16.1. The van der Waals surface area contributed by atoms with Crippen LogP contribution in [0.4, 0.5) is 11.4 Å². The van der Waals surface area contributed by atoms with Gasteiger partial charge in [0.2, 0.25) is 0 Å². The van der Waals surface area contributed by atoms with Crippen LogP contribution in [-0.2, 0) is 6.54 Å². The zero-order chi connectivity index (χ0) is 13.0. The number of rotatable bonds is 5. The van der Waals surface area contributed by atoms with Crippen molar-refractivity contribution in [3.8, 4) is 0 Å². The van der Waals surface area contributed by atoms with Gasteiger partial charge in [0.25, 0.3) is 0 Å². The molecule has 1 aromatic heterocycles. The second-order valence-electron chi connectivity index (χ2n) is 3.95. The molecule has 0 aliphatic carbocycles. The summed E-state index contributed by atoms with van der Waals surface area (Å²) in [6.07, 6.45) is 3.43. The number of Topliss-reactive ketones (excluding diaryl/α,β-unsaturated/α-hetero) is 1. The van der Waals surface area contributed by atoms with Crippen molar-refractivity contribution in [1.82, 2.24) is 15.0 Å². The lowest BCUT2D eigenvalue weighted by atomic mass is 10.1. The first-order valence-electron chi connectivity index (χ1n) is 5.65. The molecule has 1 aromatic carbocycles. The smallest absolute Gasteiger partial charge is 0.161 e. The van der Waals surface area contributed by atoms with E-state index in [4.69, 9.17) is 5.73 Å². The van der Waals surface area contributed by atoms with E-state index in [0.29, 0.717) is 24.3 Å². The highest BCUT2D eigenvalue weighted by Crippen LogP contribution is 2.18. The van der Waals surface area contributed by atoms with Gasteiger partial charge in [0, 0.05) is 29.7 Å². The Morgan fingerprint density at radius 3 is 3.00 bits per heavy atom. The van der Waals surface area contributed by atoms with Crippen molar-refractivity contribution in [3.05, 3.63) is 36.2 Å². The minimum Gasteiger partial charge on any atom is -0.398 e. The largest absolute Gasteiger partial charge is 0.398 e. The molecule has 2 aromatic rings. The molecule has 0 aliphatic rings. The third-order valence-corrected chi connectivity index (χ3v) is 2.57. The number of carbonyl (C=O) groups excluding carboxylic acids is 1. The van der Waals surface area contributed by atoms with Gasteiger partial charge >= 0.3 is 0 Å². The number of carbonyl (C=O) groups is 1. The number of aromatic nitrogens is 3. The van der Waals surface area contributed by atoms with Crippen molar-refractivity contribution >= 4 is 17.2 Å². The summed E-state index contributed by atoms with van der Waals surface area (Å²) in [4.78, 5) is 11.3. The lowest BCUT2D eigenvalue weighted by Crippen LogP contribution is -2.11. The minimum atomic E-state index is -0.0348. The minimum absolute atomic E-state index is 0.0348. The summed E-state index contributed by atoms with van der Waals surface area (Å²) in [5.41, 5.74) is 7.64. The molecule has 6 nitrogen and oxygen atoms in total. The topological polar surface area (TPSA) is 85.8 Å². The summed E-state index contributed by atoms with van der Waals surface area (Å²) in [6.45, 7) is 2.91. The van der Waals surface area contributed by atoms with Crippen molar-refractivity contribution < 1.29 is 4.79 Å². The van der Waals surface area contributed by atoms with Crippen LogP contribution in [0, 0.1) is 0 Å². The molecule has 3 N–H and O–H groups in total. The van der Waals surface area contributed by atoms with Crippen molar-refractivity contribution in [1.29, 1.82) is 0 Å². The molecule has 0 bridgehead atoms. The Morgan fingerprint density at radius 1 is 1.50 bits per heavy atom. The van der Waals surface area contributed by atoms with Gasteiger partial charge in [-0.05, 0) is 25.1 Å². The number of nitrogens with two attached hydrogens (primary N) is 1. The summed E-state index contributed by atoms with van der Waals surface area (Å²) in [6, 6.07) is 5.34. The normalized spacial score (nSPS) is 10.3. The summed E-state index contributed by atoms with van der Waals surface area (Å²) in [5.74, 6) is -0.0348. The van der Waals surface area contributed by atoms with Gasteiger partial charge in [0.1, 0.15) is 0 Å². The van der Waals surface area contributed by atoms with Crippen LogP contribution >= 0.6 is 0 Å². The second-order valence-corrected chi connectivity index (χ2v) is 3.95. The molecule has 0 atom stereocenters. The first-order valence-corrected chi connectivity index (χ1v) is 5.65. The molecular weight excluding hydrogens is 230 g/mol. The van der Waals surface area contributed by atoms with Gasteiger partial charge in [0.05, 0.1) is 12.7 Å². The highest BCUT2D eigenvalue weighted by molar-refractivity contribution is 5.99. The predicted molar refractivity (Wildman–Crippen MR) is 69.4 cm³/mol. The Labute approximate surface area is 105 Å². The predicted octanol–water partition coefficient (Wildman–Crippen LogP) is 1.17. The van der Waals surface area contributed by atoms with Crippen LogP contribution in [0.5, 0.6) is 0 Å². The summed E-state index contributed by atoms with van der Waals surface area (Å²) in [5, 5.41) is 10.8. The summed E-state index contributed by atoms with van der Waals surface area (Å²) in [7, 11) is 0. The Morgan fingerprint density at radius 2 is 2.33 bits per heavy atom. The van der Waals surface area contributed by atoms with E-state index in [2.05, 4.69) is 15.6 Å². The zero-order valence-corrected chi connectivity index (χ0v) is 10.1. The molecule has 0 aliphatic heterocycles. The number of hydrogen-bond acceptors (Lipinski definition) is 5. The number of benzene rings is 1. The van der Waals surface area contributed by atoms with E-state index in [9.17, 15) is 4.79 Å². The van der Waals surface area contributed by atoms with E-state index in [-0.39, 0.29) is 5.78 Å². The van der Waals surface area contributed by atoms with Gasteiger partial charge in [-0.2, -0.15) is 0 Å². The van der Waals surface area contributed by atoms with Crippen LogP contribution < -0.4 is 11.1 Å². The SMILES string of the molecule is CC(=O)c1cc(NCCn2ccnn2)ccc1N. The van der Waals surface area contributed by atoms with Gasteiger partial charge in [-0.1, -0.05) is 5.21 Å². The Bertz CT molecular complexity index is 535. The molecule has 1 heterocycles. The van der Waals surface area contributed by atoms with Crippen LogP contribution in [-0.4, -0.2) is 27.3 Å². The number of nitrogens with zero attached hydrogens (tertiary/aromatic N) is 3. The van der Waals surface area contributed by atoms with E-state index in [0.717, 1.165) is 5.69 Å². The monoisotopic (exact) mass is 245 g/mol. The van der Waals surface area contributed by atoms with Crippen LogP contribution in [0.15, 0.2) is 30.6 Å². The maximum Gasteiger partial charge on any atom is 0.161 e. The van der Waals surface area contributed by atoms with E-state index < -0.39 is 0 Å². The lowest BCUT2D eigenvalue weighted by molar-refractivity contribution is 0.101. The van der Waals surface area contributed by atoms with E-state index in [1.165, 1.54) is 6.92 Å². The number of hydrogen-bond donors (Lipinski definition) is 2. The van der Waals surface area contributed by atoms with Gasteiger partial charge < -0.3 is 11.1 Å². The van der Waals surface area contributed by atoms with Crippen molar-refractivity contribution in [2.24, 2.45) is 0 Å². The second kappa shape index (κ2) is 5.31. The first-order chi connectivity index (χ1) is 8.66. The molecular formula is C12H15N5O. The first kappa shape index (κ1) is 12.1. The number of nitrogen functional groups attached to an aromatic ring is 1. The zero-order valence-electron chi connectivity index (χ0n) is 10.1. The number of nitrogens with one attached hydrogen (secondary N) is 1. The van der Waals surface area contributed by atoms with Crippen molar-refractivity contribution in [3.63, 3.8) is 0 Å². The van der Waals surface area contributed by atoms with Gasteiger partial charge in [0.15, 0.2) is 5.78 Å². The van der Waals surface area contributed by atoms with E-state index in [1.807, 2.05) is 6.07 Å². The average Bonchev–Trinajstić information content (AvgIpc) is 2.84. The molecule has 0 radical (unpaired) electrons. The third kappa shape index (κ3) is 2.85. The lowest BCUT2D eigenvalue weighted by Gasteiger charge is -2.09. The fourth-order valence-electron chi connectivity index (χ4n) is 1.64. The summed E-state index contributed by atoms with van der Waals surface area (Å²) >= 11 is 0. The molecule has 0 saturated heterocycles. The number of anilines is 2. The maximum absolute atomic E-state index is 11.3. The van der Waals surface area contributed by atoms with Crippen LogP contribution in [0.2, 0.25) is 0 Å². The van der Waals surface area contributed by atoms with Gasteiger partial charge in [-0.25, -0.2) is 0 Å². The fraction of sp³-hybridized carbons (Fsp3) is 0.250. The fourth-order valence-corrected chi connectivity index (χ4v) is 1.64. The Hall–Kier alpha value is -2.37. The molecule has 6 heteroatoms. The van der Waals surface area contributed by atoms with Gasteiger partial charge in [-0.15, -0.1) is 5.10 Å². The Kier molecular flexibility index (Phi) is 3.57. The average molecular weight is 245 g/mol.